The lowest BCUT2D eigenvalue weighted by molar-refractivity contribution is -0.121. The molecule has 0 N–H and O–H groups in total. The quantitative estimate of drug-likeness (QED) is 0.644. The number of carbonyl (C=O) groups excluding carboxylic acids is 1. The predicted octanol–water partition coefficient (Wildman–Crippen LogP) is 5.18. The second kappa shape index (κ2) is 5.16. The summed E-state index contributed by atoms with van der Waals surface area (Å²) in [5.41, 5.74) is 2.00. The molecule has 0 saturated heterocycles. The van der Waals surface area contributed by atoms with Crippen LogP contribution >= 0.6 is 0 Å². The van der Waals surface area contributed by atoms with Gasteiger partial charge < -0.3 is 0 Å². The highest BCUT2D eigenvalue weighted by Crippen LogP contribution is 2.47. The molecule has 0 heterocycles. The van der Waals surface area contributed by atoms with Gasteiger partial charge in [0.15, 0.2) is 0 Å². The molecule has 2 aliphatic carbocycles. The third-order valence-electron chi connectivity index (χ3n) is 4.78. The molecule has 2 rings (SSSR count). The van der Waals surface area contributed by atoms with Crippen molar-refractivity contribution in [2.45, 2.75) is 60.8 Å². The van der Waals surface area contributed by atoms with E-state index in [-0.39, 0.29) is 10.8 Å². The van der Waals surface area contributed by atoms with Crippen LogP contribution in [0.4, 0.5) is 0 Å². The summed E-state index contributed by atoms with van der Waals surface area (Å²) in [6.45, 7) is 14.0. The van der Waals surface area contributed by atoms with Gasteiger partial charge in [-0.15, -0.1) is 0 Å². The smallest absolute Gasteiger partial charge is 0.133 e. The van der Waals surface area contributed by atoms with Crippen LogP contribution in [-0.2, 0) is 4.79 Å². The Morgan fingerprint density at radius 1 is 1.05 bits per heavy atom. The van der Waals surface area contributed by atoms with E-state index in [1.54, 1.807) is 0 Å². The van der Waals surface area contributed by atoms with Gasteiger partial charge in [0, 0.05) is 12.8 Å². The van der Waals surface area contributed by atoms with Crippen LogP contribution in [0.15, 0.2) is 23.8 Å². The molecule has 112 valence electrons. The van der Waals surface area contributed by atoms with Crippen molar-refractivity contribution in [3.63, 3.8) is 0 Å². The minimum Gasteiger partial charge on any atom is -0.300 e. The Morgan fingerprint density at radius 2 is 1.65 bits per heavy atom. The molecular weight excluding hydrogens is 244 g/mol. The average Bonchev–Trinajstić information content (AvgIpc) is 2.25. The molecule has 1 heteroatoms. The average molecular weight is 274 g/mol. The molecule has 0 aromatic rings. The minimum atomic E-state index is 0.256. The number of ketones is 1. The van der Waals surface area contributed by atoms with E-state index < -0.39 is 0 Å². The van der Waals surface area contributed by atoms with Gasteiger partial charge in [0.05, 0.1) is 0 Å². The van der Waals surface area contributed by atoms with E-state index in [2.05, 4.69) is 59.8 Å². The molecule has 0 bridgehead atoms. The number of hydrogen-bond donors (Lipinski definition) is 0. The fraction of sp³-hybridized carbons (Fsp3) is 0.737. The summed E-state index contributed by atoms with van der Waals surface area (Å²) in [5, 5.41) is 0. The molecule has 1 nitrogen and oxygen atoms in total. The van der Waals surface area contributed by atoms with Gasteiger partial charge in [0.25, 0.3) is 0 Å². The summed E-state index contributed by atoms with van der Waals surface area (Å²) >= 11 is 0. The summed E-state index contributed by atoms with van der Waals surface area (Å²) in [5.74, 6) is 2.03. The molecule has 0 amide bonds. The Balaban J connectivity index is 2.28. The van der Waals surface area contributed by atoms with Crippen LogP contribution < -0.4 is 0 Å². The van der Waals surface area contributed by atoms with Crippen LogP contribution in [0.5, 0.6) is 0 Å². The Labute approximate surface area is 124 Å². The zero-order chi connectivity index (χ0) is 15.1. The van der Waals surface area contributed by atoms with Crippen molar-refractivity contribution >= 4 is 5.78 Å². The summed E-state index contributed by atoms with van der Waals surface area (Å²) in [7, 11) is 0. The molecule has 0 aromatic heterocycles. The lowest BCUT2D eigenvalue weighted by Crippen LogP contribution is -2.35. The predicted molar refractivity (Wildman–Crippen MR) is 85.5 cm³/mol. The molecule has 2 atom stereocenters. The molecule has 2 unspecified atom stereocenters. The highest BCUT2D eigenvalue weighted by molar-refractivity contribution is 5.80. The third-order valence-corrected chi connectivity index (χ3v) is 4.78. The lowest BCUT2D eigenvalue weighted by Gasteiger charge is -2.44. The summed E-state index contributed by atoms with van der Waals surface area (Å²) in [4.78, 5) is 11.6. The van der Waals surface area contributed by atoms with Crippen LogP contribution in [-0.4, -0.2) is 5.78 Å². The molecule has 0 aliphatic heterocycles. The maximum atomic E-state index is 11.6. The van der Waals surface area contributed by atoms with Crippen LogP contribution in [0.3, 0.4) is 0 Å². The van der Waals surface area contributed by atoms with E-state index in [4.69, 9.17) is 0 Å². The number of Topliss-reactive ketones (excluding diaryl/α,β-unsaturated/α-hetero) is 1. The fourth-order valence-electron chi connectivity index (χ4n) is 4.50. The van der Waals surface area contributed by atoms with E-state index >= 15 is 0 Å². The first-order valence-corrected chi connectivity index (χ1v) is 8.00. The highest BCUT2D eigenvalue weighted by Gasteiger charge is 2.39. The Kier molecular flexibility index (Phi) is 4.01. The van der Waals surface area contributed by atoms with Gasteiger partial charge in [-0.25, -0.2) is 0 Å². The molecule has 1 saturated carbocycles. The van der Waals surface area contributed by atoms with E-state index in [9.17, 15) is 4.79 Å². The standard InChI is InChI=1S/C19H30O/c1-18(2,3)17(19(4,5)6)15-8-7-14-12-16(20)10-9-13(14)11-15/h7-8,11,13-14,17H,9-10,12H2,1-6H3. The van der Waals surface area contributed by atoms with Gasteiger partial charge in [0.2, 0.25) is 0 Å². The zero-order valence-electron chi connectivity index (χ0n) is 14.0. The SMILES string of the molecule is CC(C)(C)C(C1=CC2CCC(=O)CC2C=C1)C(C)(C)C. The van der Waals surface area contributed by atoms with Crippen LogP contribution in [0.2, 0.25) is 0 Å². The van der Waals surface area contributed by atoms with E-state index in [1.165, 1.54) is 5.57 Å². The molecule has 0 spiro atoms. The van der Waals surface area contributed by atoms with E-state index in [0.717, 1.165) is 19.3 Å². The Morgan fingerprint density at radius 3 is 2.20 bits per heavy atom. The summed E-state index contributed by atoms with van der Waals surface area (Å²) in [6.07, 6.45) is 9.66. The molecular formula is C19H30O. The molecule has 20 heavy (non-hydrogen) atoms. The van der Waals surface area contributed by atoms with Crippen molar-refractivity contribution < 1.29 is 4.79 Å². The van der Waals surface area contributed by atoms with Gasteiger partial charge in [-0.05, 0) is 40.6 Å². The number of rotatable bonds is 1. The highest BCUT2D eigenvalue weighted by atomic mass is 16.1. The number of allylic oxidation sites excluding steroid dienone is 4. The monoisotopic (exact) mass is 274 g/mol. The lowest BCUT2D eigenvalue weighted by atomic mass is 9.61. The largest absolute Gasteiger partial charge is 0.300 e. The van der Waals surface area contributed by atoms with Gasteiger partial charge in [-0.1, -0.05) is 59.8 Å². The molecule has 0 radical (unpaired) electrons. The van der Waals surface area contributed by atoms with Gasteiger partial charge in [-0.2, -0.15) is 0 Å². The van der Waals surface area contributed by atoms with Crippen molar-refractivity contribution in [3.05, 3.63) is 23.8 Å². The summed E-state index contributed by atoms with van der Waals surface area (Å²) in [6, 6.07) is 0. The first-order valence-electron chi connectivity index (χ1n) is 8.00. The van der Waals surface area contributed by atoms with Crippen molar-refractivity contribution in [2.24, 2.45) is 28.6 Å². The maximum absolute atomic E-state index is 11.6. The van der Waals surface area contributed by atoms with Crippen LogP contribution in [0.25, 0.3) is 0 Å². The zero-order valence-corrected chi connectivity index (χ0v) is 14.0. The third kappa shape index (κ3) is 3.24. The first kappa shape index (κ1) is 15.5. The van der Waals surface area contributed by atoms with Crippen molar-refractivity contribution in [2.75, 3.05) is 0 Å². The van der Waals surface area contributed by atoms with Gasteiger partial charge in [0.1, 0.15) is 5.78 Å². The maximum Gasteiger partial charge on any atom is 0.133 e. The second-order valence-electron chi connectivity index (χ2n) is 8.80. The number of fused-ring (bicyclic) bond motifs is 1. The Hall–Kier alpha value is -0.850. The summed E-state index contributed by atoms with van der Waals surface area (Å²) < 4.78 is 0. The van der Waals surface area contributed by atoms with Crippen molar-refractivity contribution in [1.82, 2.24) is 0 Å². The van der Waals surface area contributed by atoms with Crippen LogP contribution in [0, 0.1) is 28.6 Å². The number of carbonyl (C=O) groups is 1. The van der Waals surface area contributed by atoms with Crippen molar-refractivity contribution in [3.8, 4) is 0 Å². The molecule has 1 fully saturated rings. The van der Waals surface area contributed by atoms with Gasteiger partial charge in [-0.3, -0.25) is 4.79 Å². The van der Waals surface area contributed by atoms with E-state index in [1.807, 2.05) is 0 Å². The minimum absolute atomic E-state index is 0.256. The second-order valence-corrected chi connectivity index (χ2v) is 8.80. The van der Waals surface area contributed by atoms with E-state index in [0.29, 0.717) is 23.5 Å². The Bertz CT molecular complexity index is 425. The fourth-order valence-corrected chi connectivity index (χ4v) is 4.50. The topological polar surface area (TPSA) is 17.1 Å². The normalized spacial score (nSPS) is 27.6. The molecule has 0 aromatic carbocycles. The van der Waals surface area contributed by atoms with Crippen LogP contribution in [0.1, 0.15) is 60.8 Å². The number of hydrogen-bond acceptors (Lipinski definition) is 1. The van der Waals surface area contributed by atoms with Crippen molar-refractivity contribution in [1.29, 1.82) is 0 Å². The van der Waals surface area contributed by atoms with Gasteiger partial charge >= 0.3 is 0 Å². The first-order chi connectivity index (χ1) is 9.09. The molecule has 2 aliphatic rings.